The zero-order chi connectivity index (χ0) is 22.2. The summed E-state index contributed by atoms with van der Waals surface area (Å²) in [6.45, 7) is 6.00. The fourth-order valence-corrected chi connectivity index (χ4v) is 3.80. The molecule has 1 fully saturated rings. The zero-order valence-electron chi connectivity index (χ0n) is 17.8. The van der Waals surface area contributed by atoms with Crippen molar-refractivity contribution in [3.8, 4) is 0 Å². The third-order valence-corrected chi connectivity index (χ3v) is 5.47. The van der Waals surface area contributed by atoms with Crippen LogP contribution in [0.5, 0.6) is 0 Å². The third kappa shape index (κ3) is 7.14. The average Bonchev–Trinajstić information content (AvgIpc) is 2.73. The van der Waals surface area contributed by atoms with Crippen molar-refractivity contribution in [2.45, 2.75) is 39.3 Å². The van der Waals surface area contributed by atoms with Crippen molar-refractivity contribution < 1.29 is 18.4 Å². The van der Waals surface area contributed by atoms with Crippen LogP contribution in [0.2, 0.25) is 0 Å². The summed E-state index contributed by atoms with van der Waals surface area (Å²) in [4.78, 5) is 26.4. The molecule has 0 aliphatic carbocycles. The first-order valence-electron chi connectivity index (χ1n) is 10.7. The van der Waals surface area contributed by atoms with Crippen LogP contribution in [0.4, 0.5) is 8.78 Å². The van der Waals surface area contributed by atoms with Gasteiger partial charge >= 0.3 is 0 Å². The number of benzene rings is 2. The second-order valence-electron chi connectivity index (χ2n) is 8.21. The van der Waals surface area contributed by atoms with Crippen molar-refractivity contribution in [1.29, 1.82) is 0 Å². The number of carbonyl (C=O) groups is 2. The Balaban J connectivity index is 1.37. The Hall–Kier alpha value is -2.80. The number of carbonyl (C=O) groups excluding carboxylic acids is 2. The van der Waals surface area contributed by atoms with Gasteiger partial charge in [-0.2, -0.15) is 0 Å². The number of nitrogens with one attached hydrogen (secondary N) is 2. The minimum absolute atomic E-state index is 0.0642. The van der Waals surface area contributed by atoms with E-state index in [4.69, 9.17) is 0 Å². The summed E-state index contributed by atoms with van der Waals surface area (Å²) in [6, 6.07) is 11.0. The zero-order valence-corrected chi connectivity index (χ0v) is 17.8. The maximum atomic E-state index is 13.6. The lowest BCUT2D eigenvalue weighted by Crippen LogP contribution is -2.33. The first-order valence-corrected chi connectivity index (χ1v) is 10.7. The molecule has 0 aromatic heterocycles. The van der Waals surface area contributed by atoms with Crippen molar-refractivity contribution in [2.24, 2.45) is 5.92 Å². The van der Waals surface area contributed by atoms with Gasteiger partial charge in [0.15, 0.2) is 0 Å². The largest absolute Gasteiger partial charge is 0.352 e. The van der Waals surface area contributed by atoms with Gasteiger partial charge in [-0.25, -0.2) is 8.78 Å². The van der Waals surface area contributed by atoms with Crippen LogP contribution in [0.3, 0.4) is 0 Å². The van der Waals surface area contributed by atoms with Crippen LogP contribution < -0.4 is 10.6 Å². The van der Waals surface area contributed by atoms with Crippen LogP contribution in [-0.2, 0) is 17.9 Å². The van der Waals surface area contributed by atoms with Crippen molar-refractivity contribution >= 4 is 11.8 Å². The highest BCUT2D eigenvalue weighted by Gasteiger charge is 2.16. The SMILES string of the molecule is CC1CCCN(Cc2ccc(CNC(=O)CCNC(=O)c3ccc(F)cc3F)cc2)C1. The molecule has 166 valence electrons. The summed E-state index contributed by atoms with van der Waals surface area (Å²) < 4.78 is 26.5. The van der Waals surface area contributed by atoms with E-state index in [0.29, 0.717) is 12.6 Å². The second-order valence-corrected chi connectivity index (χ2v) is 8.21. The fourth-order valence-electron chi connectivity index (χ4n) is 3.80. The molecule has 31 heavy (non-hydrogen) atoms. The van der Waals surface area contributed by atoms with Crippen LogP contribution in [0.15, 0.2) is 42.5 Å². The lowest BCUT2D eigenvalue weighted by Gasteiger charge is -2.30. The standard InChI is InChI=1S/C24H29F2N3O2/c1-17-3-2-12-29(15-17)16-19-6-4-18(5-7-19)14-28-23(30)10-11-27-24(31)21-9-8-20(25)13-22(21)26/h4-9,13,17H,2-3,10-12,14-16H2,1H3,(H,27,31)(H,28,30). The van der Waals surface area contributed by atoms with Crippen LogP contribution in [-0.4, -0.2) is 36.3 Å². The molecule has 2 amide bonds. The van der Waals surface area contributed by atoms with E-state index in [1.165, 1.54) is 18.4 Å². The molecule has 2 aromatic rings. The number of amides is 2. The predicted octanol–water partition coefficient (Wildman–Crippen LogP) is 3.63. The van der Waals surface area contributed by atoms with Gasteiger partial charge in [0.25, 0.3) is 5.91 Å². The summed E-state index contributed by atoms with van der Waals surface area (Å²) in [5, 5.41) is 5.28. The molecule has 1 atom stereocenters. The molecule has 5 nitrogen and oxygen atoms in total. The van der Waals surface area contributed by atoms with E-state index >= 15 is 0 Å². The van der Waals surface area contributed by atoms with E-state index in [1.54, 1.807) is 0 Å². The molecule has 1 aliphatic heterocycles. The minimum Gasteiger partial charge on any atom is -0.352 e. The summed E-state index contributed by atoms with van der Waals surface area (Å²) in [7, 11) is 0. The highest BCUT2D eigenvalue weighted by Crippen LogP contribution is 2.18. The predicted molar refractivity (Wildman–Crippen MR) is 115 cm³/mol. The normalized spacial score (nSPS) is 16.7. The smallest absolute Gasteiger partial charge is 0.254 e. The summed E-state index contributed by atoms with van der Waals surface area (Å²) in [5.74, 6) is -1.82. The minimum atomic E-state index is -0.930. The molecule has 1 aliphatic rings. The molecule has 0 radical (unpaired) electrons. The Labute approximate surface area is 181 Å². The molecule has 1 saturated heterocycles. The molecule has 1 unspecified atom stereocenters. The van der Waals surface area contributed by atoms with Gasteiger partial charge < -0.3 is 10.6 Å². The summed E-state index contributed by atoms with van der Waals surface area (Å²) >= 11 is 0. The van der Waals surface area contributed by atoms with Crippen molar-refractivity contribution in [1.82, 2.24) is 15.5 Å². The van der Waals surface area contributed by atoms with Gasteiger partial charge in [-0.05, 0) is 48.6 Å². The number of likely N-dealkylation sites (tertiary alicyclic amines) is 1. The number of nitrogens with zero attached hydrogens (tertiary/aromatic N) is 1. The first kappa shape index (κ1) is 22.9. The molecule has 3 rings (SSSR count). The molecular formula is C24H29F2N3O2. The molecular weight excluding hydrogens is 400 g/mol. The number of rotatable bonds is 8. The Morgan fingerprint density at radius 3 is 2.52 bits per heavy atom. The average molecular weight is 430 g/mol. The molecule has 0 bridgehead atoms. The van der Waals surface area contributed by atoms with E-state index in [2.05, 4.69) is 34.6 Å². The van der Waals surface area contributed by atoms with Gasteiger partial charge in [0.05, 0.1) is 5.56 Å². The molecule has 2 aromatic carbocycles. The Morgan fingerprint density at radius 1 is 1.06 bits per heavy atom. The Morgan fingerprint density at radius 2 is 1.81 bits per heavy atom. The van der Waals surface area contributed by atoms with E-state index in [-0.39, 0.29) is 24.4 Å². The van der Waals surface area contributed by atoms with E-state index in [9.17, 15) is 18.4 Å². The maximum Gasteiger partial charge on any atom is 0.254 e. The van der Waals surface area contributed by atoms with Gasteiger partial charge in [-0.3, -0.25) is 14.5 Å². The van der Waals surface area contributed by atoms with Crippen LogP contribution in [0.25, 0.3) is 0 Å². The summed E-state index contributed by atoms with van der Waals surface area (Å²) in [5.41, 5.74) is 2.02. The summed E-state index contributed by atoms with van der Waals surface area (Å²) in [6.07, 6.45) is 2.63. The van der Waals surface area contributed by atoms with Crippen molar-refractivity contribution in [3.63, 3.8) is 0 Å². The van der Waals surface area contributed by atoms with E-state index < -0.39 is 17.5 Å². The van der Waals surface area contributed by atoms with Crippen LogP contribution >= 0.6 is 0 Å². The molecule has 2 N–H and O–H groups in total. The van der Waals surface area contributed by atoms with Crippen LogP contribution in [0.1, 0.15) is 47.7 Å². The monoisotopic (exact) mass is 429 g/mol. The number of hydrogen-bond acceptors (Lipinski definition) is 3. The Bertz CT molecular complexity index is 902. The number of hydrogen-bond donors (Lipinski definition) is 2. The van der Waals surface area contributed by atoms with Crippen LogP contribution in [0, 0.1) is 17.6 Å². The quantitative estimate of drug-likeness (QED) is 0.674. The highest BCUT2D eigenvalue weighted by molar-refractivity contribution is 5.94. The van der Waals surface area contributed by atoms with Gasteiger partial charge in [-0.15, -0.1) is 0 Å². The highest BCUT2D eigenvalue weighted by atomic mass is 19.1. The lowest BCUT2D eigenvalue weighted by molar-refractivity contribution is -0.121. The Kier molecular flexibility index (Phi) is 8.12. The van der Waals surface area contributed by atoms with Gasteiger partial charge in [0.1, 0.15) is 11.6 Å². The topological polar surface area (TPSA) is 61.4 Å². The van der Waals surface area contributed by atoms with Gasteiger partial charge in [-0.1, -0.05) is 31.2 Å². The van der Waals surface area contributed by atoms with E-state index in [1.807, 2.05) is 12.1 Å². The van der Waals surface area contributed by atoms with Gasteiger partial charge in [0, 0.05) is 38.7 Å². The number of piperidine rings is 1. The third-order valence-electron chi connectivity index (χ3n) is 5.47. The second kappa shape index (κ2) is 11.0. The molecule has 0 spiro atoms. The van der Waals surface area contributed by atoms with Crippen molar-refractivity contribution in [3.05, 3.63) is 70.8 Å². The van der Waals surface area contributed by atoms with Gasteiger partial charge in [0.2, 0.25) is 5.91 Å². The molecule has 0 saturated carbocycles. The van der Waals surface area contributed by atoms with E-state index in [0.717, 1.165) is 43.2 Å². The first-order chi connectivity index (χ1) is 14.9. The maximum absolute atomic E-state index is 13.6. The fraction of sp³-hybridized carbons (Fsp3) is 0.417. The lowest BCUT2D eigenvalue weighted by atomic mass is 9.99. The molecule has 1 heterocycles. The molecule has 7 heteroatoms. The number of halogens is 2. The van der Waals surface area contributed by atoms with Crippen molar-refractivity contribution in [2.75, 3.05) is 19.6 Å².